The van der Waals surface area contributed by atoms with E-state index in [2.05, 4.69) is 30.5 Å². The Labute approximate surface area is 181 Å². The van der Waals surface area contributed by atoms with Crippen molar-refractivity contribution in [1.82, 2.24) is 30.5 Å². The Morgan fingerprint density at radius 2 is 2.06 bits per heavy atom. The van der Waals surface area contributed by atoms with Gasteiger partial charge in [0, 0.05) is 42.0 Å². The third-order valence-electron chi connectivity index (χ3n) is 4.94. The average molecular weight is 430 g/mol. The summed E-state index contributed by atoms with van der Waals surface area (Å²) in [6.07, 6.45) is 4.29. The zero-order valence-electron chi connectivity index (χ0n) is 16.5. The number of nitrogen functional groups attached to an aromatic ring is 1. The van der Waals surface area contributed by atoms with E-state index in [0.717, 1.165) is 37.6 Å². The lowest BCUT2D eigenvalue weighted by Crippen LogP contribution is -2.27. The van der Waals surface area contributed by atoms with Crippen LogP contribution in [-0.2, 0) is 17.6 Å². The molecule has 31 heavy (non-hydrogen) atoms. The van der Waals surface area contributed by atoms with E-state index in [1.807, 2.05) is 42.5 Å². The molecule has 0 unspecified atom stereocenters. The van der Waals surface area contributed by atoms with Crippen molar-refractivity contribution >= 4 is 44.2 Å². The number of benzene rings is 1. The van der Waals surface area contributed by atoms with E-state index in [1.165, 1.54) is 0 Å². The fourth-order valence-corrected chi connectivity index (χ4v) is 4.56. The van der Waals surface area contributed by atoms with E-state index in [-0.39, 0.29) is 12.3 Å². The summed E-state index contributed by atoms with van der Waals surface area (Å²) in [6, 6.07) is 13.5. The van der Waals surface area contributed by atoms with E-state index in [1.54, 1.807) is 23.7 Å². The zero-order valence-corrected chi connectivity index (χ0v) is 17.3. The fourth-order valence-electron chi connectivity index (χ4n) is 3.45. The molecule has 0 saturated heterocycles. The SMILES string of the molecule is Nc1nc2cc(-c3ccn[nH]3)ccc2c2sc(CCNC(=O)Cc3ccccn3)nc12. The first-order valence-corrected chi connectivity index (χ1v) is 10.6. The van der Waals surface area contributed by atoms with Crippen molar-refractivity contribution in [2.24, 2.45) is 0 Å². The van der Waals surface area contributed by atoms with Gasteiger partial charge in [-0.05, 0) is 24.3 Å². The standard InChI is InChI=1S/C22H19N7OS/c23-22-20-21(15-5-4-13(11-17(15)27-22)16-6-10-26-29-16)31-19(28-20)7-9-25-18(30)12-14-3-1-2-8-24-14/h1-6,8,10-11H,7,9,12H2,(H2,23,27)(H,25,30)(H,26,29). The maximum Gasteiger partial charge on any atom is 0.226 e. The molecule has 0 radical (unpaired) electrons. The van der Waals surface area contributed by atoms with Crippen molar-refractivity contribution in [3.8, 4) is 11.3 Å². The molecule has 8 nitrogen and oxygen atoms in total. The number of nitrogens with one attached hydrogen (secondary N) is 2. The summed E-state index contributed by atoms with van der Waals surface area (Å²) < 4.78 is 1.01. The van der Waals surface area contributed by atoms with Gasteiger partial charge in [0.1, 0.15) is 5.52 Å². The van der Waals surface area contributed by atoms with Gasteiger partial charge >= 0.3 is 0 Å². The highest BCUT2D eigenvalue weighted by Gasteiger charge is 2.14. The Balaban J connectivity index is 1.34. The maximum atomic E-state index is 12.1. The van der Waals surface area contributed by atoms with Crippen LogP contribution in [0.3, 0.4) is 0 Å². The highest BCUT2D eigenvalue weighted by Crippen LogP contribution is 2.34. The number of nitrogens with two attached hydrogens (primary N) is 1. The number of aromatic amines is 1. The molecular weight excluding hydrogens is 410 g/mol. The van der Waals surface area contributed by atoms with E-state index >= 15 is 0 Å². The number of hydrogen-bond donors (Lipinski definition) is 3. The highest BCUT2D eigenvalue weighted by molar-refractivity contribution is 7.19. The largest absolute Gasteiger partial charge is 0.382 e. The summed E-state index contributed by atoms with van der Waals surface area (Å²) >= 11 is 1.58. The molecule has 5 aromatic rings. The van der Waals surface area contributed by atoms with Gasteiger partial charge in [-0.1, -0.05) is 18.2 Å². The fraction of sp³-hybridized carbons (Fsp3) is 0.136. The van der Waals surface area contributed by atoms with Crippen LogP contribution >= 0.6 is 11.3 Å². The predicted molar refractivity (Wildman–Crippen MR) is 122 cm³/mol. The van der Waals surface area contributed by atoms with Gasteiger partial charge in [0.15, 0.2) is 5.82 Å². The monoisotopic (exact) mass is 429 g/mol. The number of rotatable bonds is 6. The first kappa shape index (κ1) is 19.1. The Morgan fingerprint density at radius 3 is 2.87 bits per heavy atom. The minimum atomic E-state index is -0.0576. The number of pyridine rings is 2. The van der Waals surface area contributed by atoms with Crippen LogP contribution in [0.15, 0.2) is 54.9 Å². The predicted octanol–water partition coefficient (Wildman–Crippen LogP) is 3.11. The number of aromatic nitrogens is 5. The summed E-state index contributed by atoms with van der Waals surface area (Å²) in [6.45, 7) is 0.501. The molecule has 4 heterocycles. The van der Waals surface area contributed by atoms with Crippen molar-refractivity contribution in [2.45, 2.75) is 12.8 Å². The molecule has 154 valence electrons. The second-order valence-corrected chi connectivity index (χ2v) is 8.17. The van der Waals surface area contributed by atoms with Gasteiger partial charge in [0.25, 0.3) is 0 Å². The first-order chi connectivity index (χ1) is 15.2. The topological polar surface area (TPSA) is 122 Å². The molecule has 0 saturated carbocycles. The molecule has 4 aromatic heterocycles. The molecule has 1 aromatic carbocycles. The molecule has 5 rings (SSSR count). The van der Waals surface area contributed by atoms with Gasteiger partial charge in [-0.15, -0.1) is 11.3 Å². The van der Waals surface area contributed by atoms with Crippen LogP contribution < -0.4 is 11.1 Å². The van der Waals surface area contributed by atoms with Crippen molar-refractivity contribution < 1.29 is 4.79 Å². The number of thiazole rings is 1. The summed E-state index contributed by atoms with van der Waals surface area (Å²) in [7, 11) is 0. The number of nitrogens with zero attached hydrogens (tertiary/aromatic N) is 4. The van der Waals surface area contributed by atoms with Crippen LogP contribution in [0.1, 0.15) is 10.7 Å². The molecule has 9 heteroatoms. The van der Waals surface area contributed by atoms with Gasteiger partial charge in [-0.3, -0.25) is 14.9 Å². The lowest BCUT2D eigenvalue weighted by Gasteiger charge is -2.03. The second-order valence-electron chi connectivity index (χ2n) is 7.08. The Morgan fingerprint density at radius 1 is 1.13 bits per heavy atom. The number of amides is 1. The van der Waals surface area contributed by atoms with Crippen molar-refractivity contribution in [1.29, 1.82) is 0 Å². The molecule has 0 spiro atoms. The van der Waals surface area contributed by atoms with E-state index in [4.69, 9.17) is 5.73 Å². The van der Waals surface area contributed by atoms with Gasteiger partial charge in [0.05, 0.1) is 27.3 Å². The average Bonchev–Trinajstić information content (AvgIpc) is 3.45. The Kier molecular flexibility index (Phi) is 5.01. The molecule has 0 aliphatic heterocycles. The minimum Gasteiger partial charge on any atom is -0.382 e. The summed E-state index contributed by atoms with van der Waals surface area (Å²) in [5.74, 6) is 0.351. The van der Waals surface area contributed by atoms with Crippen LogP contribution in [0.5, 0.6) is 0 Å². The molecule has 0 atom stereocenters. The first-order valence-electron chi connectivity index (χ1n) is 9.82. The van der Waals surface area contributed by atoms with Gasteiger partial charge < -0.3 is 11.1 Å². The highest BCUT2D eigenvalue weighted by atomic mass is 32.1. The van der Waals surface area contributed by atoms with E-state index in [9.17, 15) is 4.79 Å². The normalized spacial score (nSPS) is 11.2. The van der Waals surface area contributed by atoms with Crippen LogP contribution in [0.2, 0.25) is 0 Å². The number of hydrogen-bond acceptors (Lipinski definition) is 7. The number of carbonyl (C=O) groups is 1. The zero-order chi connectivity index (χ0) is 21.2. The van der Waals surface area contributed by atoms with E-state index < -0.39 is 0 Å². The van der Waals surface area contributed by atoms with Gasteiger partial charge in [-0.25, -0.2) is 9.97 Å². The minimum absolute atomic E-state index is 0.0576. The van der Waals surface area contributed by atoms with Crippen molar-refractivity contribution in [3.63, 3.8) is 0 Å². The lowest BCUT2D eigenvalue weighted by molar-refractivity contribution is -0.120. The second kappa shape index (κ2) is 8.11. The lowest BCUT2D eigenvalue weighted by atomic mass is 10.1. The number of anilines is 1. The molecular formula is C22H19N7OS. The van der Waals surface area contributed by atoms with Crippen molar-refractivity contribution in [3.05, 3.63) is 65.6 Å². The van der Waals surface area contributed by atoms with Crippen molar-refractivity contribution in [2.75, 3.05) is 12.3 Å². The molecule has 0 bridgehead atoms. The summed E-state index contributed by atoms with van der Waals surface area (Å²) in [4.78, 5) is 25.5. The summed E-state index contributed by atoms with van der Waals surface area (Å²) in [5, 5.41) is 11.8. The summed E-state index contributed by atoms with van der Waals surface area (Å²) in [5.41, 5.74) is 10.4. The van der Waals surface area contributed by atoms with Crippen LogP contribution in [0.4, 0.5) is 5.82 Å². The molecule has 4 N–H and O–H groups in total. The number of carbonyl (C=O) groups excluding carboxylic acids is 1. The number of H-pyrrole nitrogens is 1. The maximum absolute atomic E-state index is 12.1. The third kappa shape index (κ3) is 3.95. The molecule has 0 aliphatic rings. The van der Waals surface area contributed by atoms with Crippen LogP contribution in [0.25, 0.3) is 32.4 Å². The Bertz CT molecular complexity index is 1360. The molecule has 0 aliphatic carbocycles. The molecule has 1 amide bonds. The van der Waals surface area contributed by atoms with Gasteiger partial charge in [-0.2, -0.15) is 5.10 Å². The van der Waals surface area contributed by atoms with E-state index in [0.29, 0.717) is 24.3 Å². The van der Waals surface area contributed by atoms with Crippen LogP contribution in [0, 0.1) is 0 Å². The quantitative estimate of drug-likeness (QED) is 0.381. The third-order valence-corrected chi connectivity index (χ3v) is 6.09. The molecule has 0 fully saturated rings. The smallest absolute Gasteiger partial charge is 0.226 e. The van der Waals surface area contributed by atoms with Gasteiger partial charge in [0.2, 0.25) is 5.91 Å². The number of fused-ring (bicyclic) bond motifs is 3. The van der Waals surface area contributed by atoms with Crippen LogP contribution in [-0.4, -0.2) is 37.6 Å². The Hall–Kier alpha value is -3.85.